The standard InChI is InChI=1S/C13H15Cl2N3O2S/c1-17(9-11-2-4-12(15)5-3-11)21(19,20)13-8-16-18(10-13)7-6-14/h2-5,8,10H,6-7,9H2,1H3. The second-order valence-electron chi connectivity index (χ2n) is 4.52. The van der Waals surface area contributed by atoms with Crippen LogP contribution in [0.2, 0.25) is 5.02 Å². The molecule has 0 bridgehead atoms. The highest BCUT2D eigenvalue weighted by atomic mass is 35.5. The number of nitrogens with zero attached hydrogens (tertiary/aromatic N) is 3. The van der Waals surface area contributed by atoms with Crippen LogP contribution in [-0.4, -0.2) is 35.4 Å². The highest BCUT2D eigenvalue weighted by molar-refractivity contribution is 7.89. The van der Waals surface area contributed by atoms with E-state index in [1.165, 1.54) is 28.4 Å². The summed E-state index contributed by atoms with van der Waals surface area (Å²) >= 11 is 11.4. The maximum Gasteiger partial charge on any atom is 0.246 e. The van der Waals surface area contributed by atoms with E-state index in [0.29, 0.717) is 17.4 Å². The Bertz CT molecular complexity index is 698. The fourth-order valence-corrected chi connectivity index (χ4v) is 3.21. The van der Waals surface area contributed by atoms with E-state index in [2.05, 4.69) is 5.10 Å². The molecule has 0 atom stereocenters. The van der Waals surface area contributed by atoms with E-state index < -0.39 is 10.0 Å². The van der Waals surface area contributed by atoms with Crippen LogP contribution in [0.25, 0.3) is 0 Å². The van der Waals surface area contributed by atoms with Gasteiger partial charge in [0.05, 0.1) is 12.7 Å². The van der Waals surface area contributed by atoms with E-state index in [1.807, 2.05) is 0 Å². The van der Waals surface area contributed by atoms with Crippen molar-refractivity contribution in [3.8, 4) is 0 Å². The minimum absolute atomic E-state index is 0.157. The molecule has 1 aromatic carbocycles. The van der Waals surface area contributed by atoms with Gasteiger partial charge in [-0.2, -0.15) is 9.40 Å². The molecule has 1 heterocycles. The molecule has 21 heavy (non-hydrogen) atoms. The first kappa shape index (κ1) is 16.3. The quantitative estimate of drug-likeness (QED) is 0.754. The van der Waals surface area contributed by atoms with Gasteiger partial charge in [0.2, 0.25) is 10.0 Å². The average molecular weight is 348 g/mol. The highest BCUT2D eigenvalue weighted by Gasteiger charge is 2.22. The van der Waals surface area contributed by atoms with E-state index in [1.54, 1.807) is 24.3 Å². The monoisotopic (exact) mass is 347 g/mol. The number of sulfonamides is 1. The molecule has 0 aliphatic rings. The first-order chi connectivity index (χ1) is 9.93. The summed E-state index contributed by atoms with van der Waals surface area (Å²) in [6, 6.07) is 7.06. The van der Waals surface area contributed by atoms with Gasteiger partial charge in [-0.15, -0.1) is 11.6 Å². The zero-order chi connectivity index (χ0) is 15.5. The molecule has 0 N–H and O–H groups in total. The third-order valence-electron chi connectivity index (χ3n) is 2.95. The summed E-state index contributed by atoms with van der Waals surface area (Å²) in [7, 11) is -2.04. The SMILES string of the molecule is CN(Cc1ccc(Cl)cc1)S(=O)(=O)c1cnn(CCCl)c1. The normalized spacial score (nSPS) is 12.0. The summed E-state index contributed by atoms with van der Waals surface area (Å²) in [5.41, 5.74) is 0.860. The lowest BCUT2D eigenvalue weighted by molar-refractivity contribution is 0.466. The molecule has 114 valence electrons. The minimum atomic E-state index is -3.57. The van der Waals surface area contributed by atoms with Gasteiger partial charge in [-0.05, 0) is 17.7 Å². The zero-order valence-corrected chi connectivity index (χ0v) is 13.7. The van der Waals surface area contributed by atoms with Crippen LogP contribution in [0.15, 0.2) is 41.6 Å². The van der Waals surface area contributed by atoms with Crippen LogP contribution in [0.1, 0.15) is 5.56 Å². The van der Waals surface area contributed by atoms with E-state index in [0.717, 1.165) is 5.56 Å². The Kier molecular flexibility index (Phi) is 5.27. The Hall–Kier alpha value is -1.08. The van der Waals surface area contributed by atoms with Gasteiger partial charge in [0, 0.05) is 30.7 Å². The van der Waals surface area contributed by atoms with Crippen LogP contribution in [0.5, 0.6) is 0 Å². The van der Waals surface area contributed by atoms with E-state index in [4.69, 9.17) is 23.2 Å². The molecule has 0 aliphatic carbocycles. The lowest BCUT2D eigenvalue weighted by Gasteiger charge is -2.16. The summed E-state index contributed by atoms with van der Waals surface area (Å²) in [6.45, 7) is 0.734. The summed E-state index contributed by atoms with van der Waals surface area (Å²) in [6.07, 6.45) is 2.82. The number of hydrogen-bond donors (Lipinski definition) is 0. The van der Waals surface area contributed by atoms with Crippen molar-refractivity contribution in [2.24, 2.45) is 0 Å². The van der Waals surface area contributed by atoms with Crippen molar-refractivity contribution in [1.29, 1.82) is 0 Å². The van der Waals surface area contributed by atoms with Gasteiger partial charge in [0.25, 0.3) is 0 Å². The Morgan fingerprint density at radius 1 is 1.29 bits per heavy atom. The van der Waals surface area contributed by atoms with E-state index in [-0.39, 0.29) is 11.4 Å². The number of aromatic nitrogens is 2. The largest absolute Gasteiger partial charge is 0.270 e. The fraction of sp³-hybridized carbons (Fsp3) is 0.308. The molecular formula is C13H15Cl2N3O2S. The molecule has 8 heteroatoms. The molecule has 2 rings (SSSR count). The number of benzene rings is 1. The first-order valence-electron chi connectivity index (χ1n) is 6.22. The van der Waals surface area contributed by atoms with Gasteiger partial charge >= 0.3 is 0 Å². The molecule has 0 saturated carbocycles. The predicted molar refractivity (Wildman–Crippen MR) is 83.1 cm³/mol. The van der Waals surface area contributed by atoms with Crippen LogP contribution >= 0.6 is 23.2 Å². The Morgan fingerprint density at radius 2 is 1.95 bits per heavy atom. The van der Waals surface area contributed by atoms with Gasteiger partial charge in [0.15, 0.2) is 0 Å². The van der Waals surface area contributed by atoms with Crippen molar-refractivity contribution < 1.29 is 8.42 Å². The van der Waals surface area contributed by atoms with Gasteiger partial charge in [-0.1, -0.05) is 23.7 Å². The summed E-state index contributed by atoms with van der Waals surface area (Å²) in [5.74, 6) is 0.377. The summed E-state index contributed by atoms with van der Waals surface area (Å²) in [4.78, 5) is 0.157. The first-order valence-corrected chi connectivity index (χ1v) is 8.58. The number of alkyl halides is 1. The summed E-state index contributed by atoms with van der Waals surface area (Å²) < 4.78 is 27.7. The molecule has 0 radical (unpaired) electrons. The molecule has 5 nitrogen and oxygen atoms in total. The minimum Gasteiger partial charge on any atom is -0.270 e. The Balaban J connectivity index is 2.15. The van der Waals surface area contributed by atoms with Crippen molar-refractivity contribution in [2.75, 3.05) is 12.9 Å². The summed E-state index contributed by atoms with van der Waals surface area (Å²) in [5, 5.41) is 4.60. The Labute approximate surface area is 134 Å². The number of halogens is 2. The fourth-order valence-electron chi connectivity index (χ4n) is 1.80. The molecule has 0 spiro atoms. The lowest BCUT2D eigenvalue weighted by atomic mass is 10.2. The maximum absolute atomic E-state index is 12.4. The van der Waals surface area contributed by atoms with E-state index in [9.17, 15) is 8.42 Å². The van der Waals surface area contributed by atoms with Crippen LogP contribution in [0, 0.1) is 0 Å². The number of hydrogen-bond acceptors (Lipinski definition) is 3. The van der Waals surface area contributed by atoms with Gasteiger partial charge < -0.3 is 0 Å². The number of rotatable bonds is 6. The van der Waals surface area contributed by atoms with Crippen molar-refractivity contribution >= 4 is 33.2 Å². The second kappa shape index (κ2) is 6.79. The third-order valence-corrected chi connectivity index (χ3v) is 5.13. The zero-order valence-electron chi connectivity index (χ0n) is 11.4. The Morgan fingerprint density at radius 3 is 2.57 bits per heavy atom. The molecular weight excluding hydrogens is 333 g/mol. The van der Waals surface area contributed by atoms with Gasteiger partial charge in [0.1, 0.15) is 4.90 Å². The maximum atomic E-state index is 12.4. The van der Waals surface area contributed by atoms with Crippen molar-refractivity contribution in [3.05, 3.63) is 47.2 Å². The molecule has 0 amide bonds. The van der Waals surface area contributed by atoms with Crippen LogP contribution in [-0.2, 0) is 23.1 Å². The molecule has 0 aliphatic heterocycles. The average Bonchev–Trinajstić information content (AvgIpc) is 2.91. The van der Waals surface area contributed by atoms with Crippen LogP contribution in [0.4, 0.5) is 0 Å². The third kappa shape index (κ3) is 3.97. The molecule has 2 aromatic rings. The van der Waals surface area contributed by atoms with Crippen molar-refractivity contribution in [2.45, 2.75) is 18.0 Å². The molecule has 0 unspecified atom stereocenters. The highest BCUT2D eigenvalue weighted by Crippen LogP contribution is 2.17. The second-order valence-corrected chi connectivity index (χ2v) is 7.37. The number of aryl methyl sites for hydroxylation is 1. The smallest absolute Gasteiger partial charge is 0.246 e. The van der Waals surface area contributed by atoms with Crippen LogP contribution < -0.4 is 0 Å². The van der Waals surface area contributed by atoms with Gasteiger partial charge in [-0.25, -0.2) is 8.42 Å². The van der Waals surface area contributed by atoms with Gasteiger partial charge in [-0.3, -0.25) is 4.68 Å². The van der Waals surface area contributed by atoms with E-state index >= 15 is 0 Å². The lowest BCUT2D eigenvalue weighted by Crippen LogP contribution is -2.26. The van der Waals surface area contributed by atoms with Crippen molar-refractivity contribution in [3.63, 3.8) is 0 Å². The molecule has 1 aromatic heterocycles. The van der Waals surface area contributed by atoms with Crippen molar-refractivity contribution in [1.82, 2.24) is 14.1 Å². The topological polar surface area (TPSA) is 55.2 Å². The predicted octanol–water partition coefficient (Wildman–Crippen LogP) is 2.60. The molecule has 0 saturated heterocycles. The molecule has 0 fully saturated rings. The van der Waals surface area contributed by atoms with Crippen LogP contribution in [0.3, 0.4) is 0 Å².